The zero-order valence-electron chi connectivity index (χ0n) is 16.5. The van der Waals surface area contributed by atoms with Crippen molar-refractivity contribution in [3.8, 4) is 0 Å². The van der Waals surface area contributed by atoms with Crippen LogP contribution in [0.5, 0.6) is 0 Å². The first-order valence-electron chi connectivity index (χ1n) is 9.55. The Labute approximate surface area is 168 Å². The molecular weight excluding hydrogens is 366 g/mol. The molecule has 3 aromatic rings. The van der Waals surface area contributed by atoms with Crippen LogP contribution in [0.25, 0.3) is 6.08 Å². The van der Waals surface area contributed by atoms with E-state index in [9.17, 15) is 4.79 Å². The molecule has 7 heteroatoms. The maximum atomic E-state index is 12.3. The summed E-state index contributed by atoms with van der Waals surface area (Å²) in [6.45, 7) is 5.80. The molecule has 1 aliphatic rings. The zero-order valence-corrected chi connectivity index (χ0v) is 16.5. The summed E-state index contributed by atoms with van der Waals surface area (Å²) in [6, 6.07) is 7.59. The van der Waals surface area contributed by atoms with Crippen LogP contribution >= 0.6 is 0 Å². The van der Waals surface area contributed by atoms with E-state index in [0.717, 1.165) is 36.5 Å². The van der Waals surface area contributed by atoms with Crippen LogP contribution < -0.4 is 10.7 Å². The number of aromatic nitrogens is 2. The molecule has 0 fully saturated rings. The van der Waals surface area contributed by atoms with Crippen molar-refractivity contribution < 1.29 is 9.21 Å². The van der Waals surface area contributed by atoms with E-state index in [2.05, 4.69) is 39.7 Å². The number of hydrogen-bond donors (Lipinski definition) is 3. The number of H-pyrrole nitrogens is 1. The highest BCUT2D eigenvalue weighted by molar-refractivity contribution is 6.32. The van der Waals surface area contributed by atoms with Crippen LogP contribution in [-0.4, -0.2) is 28.1 Å². The average Bonchev–Trinajstić information content (AvgIpc) is 3.43. The number of rotatable bonds is 7. The standard InChI is InChI=1S/C22H23N5O2/c1-14-17(7-10-24-13-16-5-8-23-9-6-16)15(2)25-19(14)12-18-21(26-27-22(18)28)20-4-3-11-29-20/h3-6,8-9,11-12,24-25H,7,10,13H2,1-2H3,(H,27,28). The van der Waals surface area contributed by atoms with Gasteiger partial charge in [0.05, 0.1) is 11.8 Å². The fourth-order valence-corrected chi connectivity index (χ4v) is 3.50. The van der Waals surface area contributed by atoms with Crippen LogP contribution in [0.2, 0.25) is 0 Å². The number of amides is 1. The number of nitrogens with zero attached hydrogens (tertiary/aromatic N) is 2. The second-order valence-electron chi connectivity index (χ2n) is 6.99. The minimum atomic E-state index is -0.233. The van der Waals surface area contributed by atoms with Gasteiger partial charge in [0.15, 0.2) is 5.76 Å². The quantitative estimate of drug-likeness (QED) is 0.428. The number of carbonyl (C=O) groups excluding carboxylic acids is 1. The third kappa shape index (κ3) is 4.05. The largest absolute Gasteiger partial charge is 0.463 e. The van der Waals surface area contributed by atoms with Crippen molar-refractivity contribution >= 4 is 17.7 Å². The van der Waals surface area contributed by atoms with Crippen molar-refractivity contribution in [3.63, 3.8) is 0 Å². The van der Waals surface area contributed by atoms with E-state index in [1.807, 2.05) is 18.2 Å². The van der Waals surface area contributed by atoms with E-state index in [4.69, 9.17) is 4.42 Å². The number of nitrogens with one attached hydrogen (secondary N) is 3. The smallest absolute Gasteiger partial charge is 0.273 e. The van der Waals surface area contributed by atoms with Gasteiger partial charge in [-0.3, -0.25) is 9.78 Å². The van der Waals surface area contributed by atoms with E-state index in [-0.39, 0.29) is 5.91 Å². The summed E-state index contributed by atoms with van der Waals surface area (Å²) in [6.07, 6.45) is 7.92. The van der Waals surface area contributed by atoms with Crippen LogP contribution in [0, 0.1) is 13.8 Å². The van der Waals surface area contributed by atoms with Gasteiger partial charge in [0.1, 0.15) is 5.71 Å². The van der Waals surface area contributed by atoms with Crippen molar-refractivity contribution in [2.75, 3.05) is 6.54 Å². The molecule has 1 amide bonds. The molecule has 4 rings (SSSR count). The van der Waals surface area contributed by atoms with Gasteiger partial charge in [-0.15, -0.1) is 0 Å². The third-order valence-corrected chi connectivity index (χ3v) is 5.07. The molecule has 0 aromatic carbocycles. The Morgan fingerprint density at radius 2 is 2.03 bits per heavy atom. The molecule has 1 aliphatic heterocycles. The predicted molar refractivity (Wildman–Crippen MR) is 111 cm³/mol. The molecule has 0 spiro atoms. The molecule has 7 nitrogen and oxygen atoms in total. The Morgan fingerprint density at radius 3 is 2.79 bits per heavy atom. The van der Waals surface area contributed by atoms with E-state index in [1.165, 1.54) is 11.1 Å². The molecule has 0 saturated heterocycles. The van der Waals surface area contributed by atoms with Crippen LogP contribution in [0.1, 0.15) is 33.8 Å². The molecular formula is C22H23N5O2. The minimum Gasteiger partial charge on any atom is -0.463 e. The van der Waals surface area contributed by atoms with Gasteiger partial charge in [-0.2, -0.15) is 5.10 Å². The minimum absolute atomic E-state index is 0.233. The van der Waals surface area contributed by atoms with E-state index >= 15 is 0 Å². The Morgan fingerprint density at radius 1 is 1.21 bits per heavy atom. The number of pyridine rings is 1. The van der Waals surface area contributed by atoms with E-state index < -0.39 is 0 Å². The van der Waals surface area contributed by atoms with Gasteiger partial charge in [-0.05, 0) is 73.8 Å². The number of hydrazone groups is 1. The van der Waals surface area contributed by atoms with Crippen molar-refractivity contribution in [1.29, 1.82) is 0 Å². The van der Waals surface area contributed by atoms with Crippen molar-refractivity contribution in [1.82, 2.24) is 20.7 Å². The number of aryl methyl sites for hydroxylation is 1. The highest BCUT2D eigenvalue weighted by atomic mass is 16.3. The number of carbonyl (C=O) groups is 1. The normalized spacial score (nSPS) is 15.0. The summed E-state index contributed by atoms with van der Waals surface area (Å²) in [5.41, 5.74) is 9.16. The fraction of sp³-hybridized carbons (Fsp3) is 0.227. The Bertz CT molecular complexity index is 1060. The molecule has 0 radical (unpaired) electrons. The molecule has 29 heavy (non-hydrogen) atoms. The molecule has 0 bridgehead atoms. The summed E-state index contributed by atoms with van der Waals surface area (Å²) >= 11 is 0. The van der Waals surface area contributed by atoms with Gasteiger partial charge in [0.2, 0.25) is 0 Å². The SMILES string of the molecule is Cc1[nH]c(C=C2C(=O)NN=C2c2ccco2)c(C)c1CCNCc1ccncc1. The lowest BCUT2D eigenvalue weighted by Crippen LogP contribution is -2.17. The van der Waals surface area contributed by atoms with Gasteiger partial charge < -0.3 is 14.7 Å². The second-order valence-corrected chi connectivity index (χ2v) is 6.99. The third-order valence-electron chi connectivity index (χ3n) is 5.07. The Hall–Kier alpha value is -3.45. The monoisotopic (exact) mass is 389 g/mol. The molecule has 148 valence electrons. The van der Waals surface area contributed by atoms with Crippen LogP contribution in [0.4, 0.5) is 0 Å². The number of furan rings is 1. The number of aromatic amines is 1. The summed E-state index contributed by atoms with van der Waals surface area (Å²) in [4.78, 5) is 19.7. The first-order chi connectivity index (χ1) is 14.1. The zero-order chi connectivity index (χ0) is 20.2. The average molecular weight is 389 g/mol. The Balaban J connectivity index is 1.47. The van der Waals surface area contributed by atoms with E-state index in [0.29, 0.717) is 17.0 Å². The molecule has 0 unspecified atom stereocenters. The highest BCUT2D eigenvalue weighted by Gasteiger charge is 2.26. The first kappa shape index (κ1) is 18.9. The van der Waals surface area contributed by atoms with Crippen molar-refractivity contribution in [3.05, 3.63) is 82.3 Å². The maximum Gasteiger partial charge on any atom is 0.273 e. The van der Waals surface area contributed by atoms with Gasteiger partial charge in [-0.1, -0.05) is 0 Å². The van der Waals surface area contributed by atoms with Crippen molar-refractivity contribution in [2.24, 2.45) is 5.10 Å². The van der Waals surface area contributed by atoms with Gasteiger partial charge in [0, 0.05) is 30.3 Å². The molecule has 0 saturated carbocycles. The summed E-state index contributed by atoms with van der Waals surface area (Å²) < 4.78 is 5.41. The number of hydrogen-bond acceptors (Lipinski definition) is 5. The van der Waals surface area contributed by atoms with Gasteiger partial charge >= 0.3 is 0 Å². The lowest BCUT2D eigenvalue weighted by atomic mass is 10.0. The van der Waals surface area contributed by atoms with Crippen LogP contribution in [0.3, 0.4) is 0 Å². The topological polar surface area (TPSA) is 95.3 Å². The lowest BCUT2D eigenvalue weighted by Gasteiger charge is -2.06. The molecule has 4 heterocycles. The molecule has 0 atom stereocenters. The van der Waals surface area contributed by atoms with E-state index in [1.54, 1.807) is 30.8 Å². The summed E-state index contributed by atoms with van der Waals surface area (Å²) in [7, 11) is 0. The van der Waals surface area contributed by atoms with Gasteiger partial charge in [-0.25, -0.2) is 5.43 Å². The molecule has 3 N–H and O–H groups in total. The van der Waals surface area contributed by atoms with Gasteiger partial charge in [0.25, 0.3) is 5.91 Å². The second kappa shape index (κ2) is 8.28. The lowest BCUT2D eigenvalue weighted by molar-refractivity contribution is -0.116. The molecule has 0 aliphatic carbocycles. The van der Waals surface area contributed by atoms with Crippen molar-refractivity contribution in [2.45, 2.75) is 26.8 Å². The predicted octanol–water partition coefficient (Wildman–Crippen LogP) is 2.87. The first-order valence-corrected chi connectivity index (χ1v) is 9.55. The Kier molecular flexibility index (Phi) is 5.39. The highest BCUT2D eigenvalue weighted by Crippen LogP contribution is 2.23. The fourth-order valence-electron chi connectivity index (χ4n) is 3.50. The van der Waals surface area contributed by atoms with Crippen LogP contribution in [0.15, 0.2) is 58.0 Å². The maximum absolute atomic E-state index is 12.3. The summed E-state index contributed by atoms with van der Waals surface area (Å²) in [5.74, 6) is 0.333. The van der Waals surface area contributed by atoms with Crippen LogP contribution in [-0.2, 0) is 17.8 Å². The molecule has 3 aromatic heterocycles. The summed E-state index contributed by atoms with van der Waals surface area (Å²) in [5, 5.41) is 7.58.